The van der Waals surface area contributed by atoms with Crippen molar-refractivity contribution in [3.8, 4) is 0 Å². The number of hydrogen-bond donors (Lipinski definition) is 1. The normalized spacial score (nSPS) is 17.7. The average Bonchev–Trinajstić information content (AvgIpc) is 2.52. The Balaban J connectivity index is 2.26. The Hall–Kier alpha value is -2.42. The van der Waals surface area contributed by atoms with E-state index in [1.165, 1.54) is 13.8 Å². The second-order valence-corrected chi connectivity index (χ2v) is 9.02. The summed E-state index contributed by atoms with van der Waals surface area (Å²) in [4.78, 5) is 49.8. The Bertz CT molecular complexity index is 791. The summed E-state index contributed by atoms with van der Waals surface area (Å²) in [6, 6.07) is 5.85. The molecular weight excluding hydrogens is 446 g/mol. The summed E-state index contributed by atoms with van der Waals surface area (Å²) < 4.78 is 16.1. The van der Waals surface area contributed by atoms with Crippen LogP contribution in [0.1, 0.15) is 40.2 Å². The molecule has 1 amide bonds. The SMILES string of the molecule is CC(C)(C)OC(=O)N[C@@H](Cc1ccc(Br)cc1)C(=O)C1C(=O)OC(C)(C)OC1=O. The molecule has 0 aromatic heterocycles. The number of ketones is 1. The Morgan fingerprint density at radius 1 is 1.14 bits per heavy atom. The van der Waals surface area contributed by atoms with Crippen molar-refractivity contribution in [2.45, 2.75) is 58.5 Å². The summed E-state index contributed by atoms with van der Waals surface area (Å²) in [5.41, 5.74) is -0.0809. The quantitative estimate of drug-likeness (QED) is 0.521. The van der Waals surface area contributed by atoms with Crippen molar-refractivity contribution in [2.75, 3.05) is 0 Å². The second-order valence-electron chi connectivity index (χ2n) is 8.11. The van der Waals surface area contributed by atoms with E-state index < -0.39 is 47.2 Å². The van der Waals surface area contributed by atoms with E-state index in [0.29, 0.717) is 5.56 Å². The minimum absolute atomic E-state index is 0.0474. The molecule has 0 radical (unpaired) electrons. The molecule has 1 aromatic rings. The van der Waals surface area contributed by atoms with Crippen LogP contribution in [-0.4, -0.2) is 41.2 Å². The first-order chi connectivity index (χ1) is 13.3. The highest BCUT2D eigenvalue weighted by atomic mass is 79.9. The first-order valence-corrected chi connectivity index (χ1v) is 9.80. The summed E-state index contributed by atoms with van der Waals surface area (Å²) in [5.74, 6) is -6.08. The summed E-state index contributed by atoms with van der Waals surface area (Å²) in [6.45, 7) is 7.81. The van der Waals surface area contributed by atoms with E-state index in [1.807, 2.05) is 0 Å². The van der Waals surface area contributed by atoms with Crippen molar-refractivity contribution >= 4 is 39.7 Å². The number of hydrogen-bond acceptors (Lipinski definition) is 7. The van der Waals surface area contributed by atoms with Crippen molar-refractivity contribution in [1.29, 1.82) is 0 Å². The van der Waals surface area contributed by atoms with Crippen molar-refractivity contribution in [3.05, 3.63) is 34.3 Å². The molecule has 1 aromatic carbocycles. The minimum Gasteiger partial charge on any atom is -0.444 e. The number of carbonyl (C=O) groups excluding carboxylic acids is 4. The van der Waals surface area contributed by atoms with Crippen molar-refractivity contribution < 1.29 is 33.4 Å². The van der Waals surface area contributed by atoms with E-state index in [-0.39, 0.29) is 6.42 Å². The summed E-state index contributed by atoms with van der Waals surface area (Å²) in [7, 11) is 0. The number of Topliss-reactive ketones (excluding diaryl/α,β-unsaturated/α-hetero) is 1. The van der Waals surface area contributed by atoms with Crippen molar-refractivity contribution in [1.82, 2.24) is 5.32 Å². The molecule has 1 aliphatic heterocycles. The van der Waals surface area contributed by atoms with Gasteiger partial charge in [0, 0.05) is 18.3 Å². The van der Waals surface area contributed by atoms with Crippen LogP contribution in [0.4, 0.5) is 4.79 Å². The maximum Gasteiger partial charge on any atom is 0.408 e. The molecule has 0 unspecified atom stereocenters. The van der Waals surface area contributed by atoms with Crippen molar-refractivity contribution in [2.24, 2.45) is 5.92 Å². The highest BCUT2D eigenvalue weighted by molar-refractivity contribution is 9.10. The third-order valence-corrected chi connectivity index (χ3v) is 4.36. The van der Waals surface area contributed by atoms with Gasteiger partial charge in [0.05, 0.1) is 6.04 Å². The zero-order valence-electron chi connectivity index (χ0n) is 16.9. The van der Waals surface area contributed by atoms with Gasteiger partial charge in [-0.3, -0.25) is 14.4 Å². The molecule has 0 bridgehead atoms. The van der Waals surface area contributed by atoms with Crippen molar-refractivity contribution in [3.63, 3.8) is 0 Å². The molecule has 1 N–H and O–H groups in total. The number of carbonyl (C=O) groups is 4. The van der Waals surface area contributed by atoms with Crippen LogP contribution in [-0.2, 0) is 35.0 Å². The fourth-order valence-corrected chi connectivity index (χ4v) is 2.95. The summed E-state index contributed by atoms with van der Waals surface area (Å²) >= 11 is 3.32. The van der Waals surface area contributed by atoms with Crippen LogP contribution in [0, 0.1) is 5.92 Å². The Morgan fingerprint density at radius 2 is 1.66 bits per heavy atom. The van der Waals surface area contributed by atoms with Gasteiger partial charge in [0.1, 0.15) is 5.60 Å². The number of alkyl carbamates (subject to hydrolysis) is 1. The van der Waals surface area contributed by atoms with E-state index in [1.54, 1.807) is 45.0 Å². The first-order valence-electron chi connectivity index (χ1n) is 9.01. The topological polar surface area (TPSA) is 108 Å². The fraction of sp³-hybridized carbons (Fsp3) is 0.500. The fourth-order valence-electron chi connectivity index (χ4n) is 2.68. The zero-order valence-corrected chi connectivity index (χ0v) is 18.5. The predicted octanol–water partition coefficient (Wildman–Crippen LogP) is 2.91. The third-order valence-electron chi connectivity index (χ3n) is 3.84. The highest BCUT2D eigenvalue weighted by Gasteiger charge is 2.49. The number of amides is 1. The number of ether oxygens (including phenoxy) is 3. The lowest BCUT2D eigenvalue weighted by Crippen LogP contribution is -2.55. The van der Waals surface area contributed by atoms with E-state index in [0.717, 1.165) is 4.47 Å². The van der Waals surface area contributed by atoms with E-state index in [4.69, 9.17) is 14.2 Å². The summed E-state index contributed by atoms with van der Waals surface area (Å²) in [5, 5.41) is 2.46. The molecule has 158 valence electrons. The lowest BCUT2D eigenvalue weighted by molar-refractivity contribution is -0.238. The number of rotatable bonds is 5. The molecule has 2 rings (SSSR count). The molecule has 0 aliphatic carbocycles. The molecule has 1 fully saturated rings. The number of esters is 2. The zero-order chi connectivity index (χ0) is 22.0. The standard InChI is InChI=1S/C20H24BrNO7/c1-19(2,3)29-18(26)22-13(10-11-6-8-12(21)9-7-11)15(23)14-16(24)27-20(4,5)28-17(14)25/h6-9,13-14H,10H2,1-5H3,(H,22,26)/t13-/m0/s1. The van der Waals surface area contributed by atoms with Crippen LogP contribution in [0.2, 0.25) is 0 Å². The molecule has 29 heavy (non-hydrogen) atoms. The van der Waals surface area contributed by atoms with Crippen LogP contribution in [0.5, 0.6) is 0 Å². The van der Waals surface area contributed by atoms with Gasteiger partial charge in [0.25, 0.3) is 5.79 Å². The Kier molecular flexibility index (Phi) is 6.72. The molecule has 1 heterocycles. The molecule has 0 saturated carbocycles. The van der Waals surface area contributed by atoms with E-state index in [2.05, 4.69) is 21.2 Å². The lowest BCUT2D eigenvalue weighted by Gasteiger charge is -2.33. The first kappa shape index (κ1) is 22.9. The third kappa shape index (κ3) is 6.56. The van der Waals surface area contributed by atoms with Crippen LogP contribution >= 0.6 is 15.9 Å². The average molecular weight is 470 g/mol. The minimum atomic E-state index is -1.78. The Morgan fingerprint density at radius 3 is 2.14 bits per heavy atom. The molecule has 1 saturated heterocycles. The van der Waals surface area contributed by atoms with Gasteiger partial charge in [-0.15, -0.1) is 0 Å². The van der Waals surface area contributed by atoms with Crippen LogP contribution in [0.25, 0.3) is 0 Å². The molecule has 1 aliphatic rings. The number of nitrogens with one attached hydrogen (secondary N) is 1. The molecular formula is C20H24BrNO7. The molecule has 0 spiro atoms. The molecule has 9 heteroatoms. The van der Waals surface area contributed by atoms with Gasteiger partial charge in [0.2, 0.25) is 5.92 Å². The van der Waals surface area contributed by atoms with E-state index in [9.17, 15) is 19.2 Å². The van der Waals surface area contributed by atoms with Gasteiger partial charge in [-0.2, -0.15) is 0 Å². The van der Waals surface area contributed by atoms with Crippen LogP contribution in [0.15, 0.2) is 28.7 Å². The van der Waals surface area contributed by atoms with Crippen LogP contribution < -0.4 is 5.32 Å². The number of benzene rings is 1. The smallest absolute Gasteiger partial charge is 0.408 e. The van der Waals surface area contributed by atoms with Gasteiger partial charge in [0.15, 0.2) is 5.78 Å². The molecule has 8 nitrogen and oxygen atoms in total. The number of cyclic esters (lactones) is 2. The van der Waals surface area contributed by atoms with Gasteiger partial charge in [-0.1, -0.05) is 28.1 Å². The van der Waals surface area contributed by atoms with Gasteiger partial charge >= 0.3 is 18.0 Å². The molecule has 1 atom stereocenters. The number of halogens is 1. The summed E-state index contributed by atoms with van der Waals surface area (Å²) in [6.07, 6.45) is -0.794. The highest BCUT2D eigenvalue weighted by Crippen LogP contribution is 2.25. The van der Waals surface area contributed by atoms with Crippen LogP contribution in [0.3, 0.4) is 0 Å². The maximum atomic E-state index is 13.0. The second kappa shape index (κ2) is 8.52. The predicted molar refractivity (Wildman–Crippen MR) is 106 cm³/mol. The largest absolute Gasteiger partial charge is 0.444 e. The van der Waals surface area contributed by atoms with Gasteiger partial charge in [-0.25, -0.2) is 4.79 Å². The van der Waals surface area contributed by atoms with Gasteiger partial charge in [-0.05, 0) is 44.9 Å². The lowest BCUT2D eigenvalue weighted by atomic mass is 9.92. The maximum absolute atomic E-state index is 13.0. The Labute approximate surface area is 177 Å². The monoisotopic (exact) mass is 469 g/mol. The van der Waals surface area contributed by atoms with E-state index >= 15 is 0 Å². The van der Waals surface area contributed by atoms with Gasteiger partial charge < -0.3 is 19.5 Å².